The Balaban J connectivity index is 1.68. The van der Waals surface area contributed by atoms with E-state index in [2.05, 4.69) is 5.32 Å². The van der Waals surface area contributed by atoms with Gasteiger partial charge in [-0.25, -0.2) is 8.78 Å². The molecule has 1 aliphatic heterocycles. The number of nitrogens with one attached hydrogen (secondary N) is 1. The Hall–Kier alpha value is -2.07. The van der Waals surface area contributed by atoms with E-state index in [-0.39, 0.29) is 29.4 Å². The largest absolute Gasteiger partial charge is 0.307 e. The Morgan fingerprint density at radius 1 is 1.00 bits per heavy atom. The summed E-state index contributed by atoms with van der Waals surface area (Å²) in [5.74, 6) is -0.242. The first-order chi connectivity index (χ1) is 12.1. The maximum atomic E-state index is 13.2. The fraction of sp³-hybridized carbons (Fsp3) is 0.381. The van der Waals surface area contributed by atoms with Gasteiger partial charge in [-0.2, -0.15) is 0 Å². The van der Waals surface area contributed by atoms with Crippen molar-refractivity contribution in [1.82, 2.24) is 5.32 Å². The van der Waals surface area contributed by atoms with Gasteiger partial charge in [-0.05, 0) is 67.6 Å². The summed E-state index contributed by atoms with van der Waals surface area (Å²) in [4.78, 5) is 12.2. The van der Waals surface area contributed by atoms with Gasteiger partial charge in [0.05, 0.1) is 6.04 Å². The van der Waals surface area contributed by atoms with Gasteiger partial charge >= 0.3 is 0 Å². The van der Waals surface area contributed by atoms with Crippen LogP contribution in [0.3, 0.4) is 0 Å². The lowest BCUT2D eigenvalue weighted by molar-refractivity contribution is -0.120. The molecule has 1 fully saturated rings. The van der Waals surface area contributed by atoms with Gasteiger partial charge in [0.2, 0.25) is 0 Å². The molecule has 1 atom stereocenters. The Bertz CT molecular complexity index is 645. The van der Waals surface area contributed by atoms with E-state index in [0.29, 0.717) is 6.42 Å². The molecule has 3 rings (SSSR count). The second kappa shape index (κ2) is 8.34. The second-order valence-corrected chi connectivity index (χ2v) is 6.66. The Kier molecular flexibility index (Phi) is 5.92. The Morgan fingerprint density at radius 2 is 1.56 bits per heavy atom. The lowest BCUT2D eigenvalue weighted by atomic mass is 9.86. The summed E-state index contributed by atoms with van der Waals surface area (Å²) < 4.78 is 26.5. The fourth-order valence-corrected chi connectivity index (χ4v) is 3.53. The topological polar surface area (TPSA) is 29.1 Å². The van der Waals surface area contributed by atoms with Gasteiger partial charge in [-0.15, -0.1) is 0 Å². The van der Waals surface area contributed by atoms with E-state index in [1.165, 1.54) is 24.3 Å². The predicted octanol–water partition coefficient (Wildman–Crippen LogP) is 4.59. The van der Waals surface area contributed by atoms with Gasteiger partial charge in [0.25, 0.3) is 0 Å². The van der Waals surface area contributed by atoms with Gasteiger partial charge in [0.1, 0.15) is 17.4 Å². The molecule has 0 aliphatic carbocycles. The first-order valence-corrected chi connectivity index (χ1v) is 8.90. The van der Waals surface area contributed by atoms with Crippen molar-refractivity contribution in [2.45, 2.75) is 44.1 Å². The monoisotopic (exact) mass is 343 g/mol. The van der Waals surface area contributed by atoms with E-state index in [4.69, 9.17) is 0 Å². The van der Waals surface area contributed by atoms with Crippen LogP contribution in [0.25, 0.3) is 0 Å². The number of carbonyl (C=O) groups excluding carboxylic acids is 1. The van der Waals surface area contributed by atoms with Crippen molar-refractivity contribution in [3.8, 4) is 0 Å². The third kappa shape index (κ3) is 4.73. The summed E-state index contributed by atoms with van der Waals surface area (Å²) in [6.45, 7) is 0.921. The zero-order chi connectivity index (χ0) is 17.6. The number of rotatable bonds is 7. The zero-order valence-electron chi connectivity index (χ0n) is 14.2. The van der Waals surface area contributed by atoms with Crippen LogP contribution in [0.2, 0.25) is 0 Å². The first kappa shape index (κ1) is 17.7. The van der Waals surface area contributed by atoms with E-state index in [9.17, 15) is 13.6 Å². The molecule has 1 aliphatic rings. The zero-order valence-corrected chi connectivity index (χ0v) is 14.2. The van der Waals surface area contributed by atoms with Crippen LogP contribution in [0.15, 0.2) is 48.5 Å². The first-order valence-electron chi connectivity index (χ1n) is 8.90. The van der Waals surface area contributed by atoms with Gasteiger partial charge in [-0.1, -0.05) is 24.3 Å². The summed E-state index contributed by atoms with van der Waals surface area (Å²) in [6, 6.07) is 12.9. The maximum absolute atomic E-state index is 13.2. The molecule has 132 valence electrons. The van der Waals surface area contributed by atoms with Gasteiger partial charge in [0, 0.05) is 12.3 Å². The summed E-state index contributed by atoms with van der Waals surface area (Å²) in [7, 11) is 0. The molecule has 0 spiro atoms. The molecule has 0 bridgehead atoms. The van der Waals surface area contributed by atoms with Crippen LogP contribution in [-0.4, -0.2) is 18.4 Å². The lowest BCUT2D eigenvalue weighted by Crippen LogP contribution is -2.30. The van der Waals surface area contributed by atoms with Crippen molar-refractivity contribution in [2.75, 3.05) is 6.54 Å². The number of ketones is 1. The normalized spacial score (nSPS) is 17.2. The number of hydrogen-bond acceptors (Lipinski definition) is 2. The van der Waals surface area contributed by atoms with Gasteiger partial charge in [0.15, 0.2) is 0 Å². The van der Waals surface area contributed by atoms with E-state index in [1.807, 2.05) is 0 Å². The lowest BCUT2D eigenvalue weighted by Gasteiger charge is -2.18. The van der Waals surface area contributed by atoms with E-state index in [0.717, 1.165) is 43.4 Å². The highest BCUT2D eigenvalue weighted by molar-refractivity contribution is 5.84. The predicted molar refractivity (Wildman–Crippen MR) is 94.5 cm³/mol. The molecule has 4 heteroatoms. The van der Waals surface area contributed by atoms with Crippen LogP contribution in [0.4, 0.5) is 8.78 Å². The van der Waals surface area contributed by atoms with Crippen molar-refractivity contribution < 1.29 is 13.6 Å². The molecular weight excluding hydrogens is 320 g/mol. The minimum Gasteiger partial charge on any atom is -0.307 e. The molecule has 1 N–H and O–H groups in total. The number of hydrogen-bond donors (Lipinski definition) is 1. The molecule has 0 unspecified atom stereocenters. The molecule has 0 aromatic heterocycles. The number of Topliss-reactive ketones (excluding diaryl/α,β-unsaturated/α-hetero) is 1. The van der Waals surface area contributed by atoms with Crippen LogP contribution in [-0.2, 0) is 4.79 Å². The summed E-state index contributed by atoms with van der Waals surface area (Å²) in [5, 5.41) is 3.24. The molecule has 2 aromatic rings. The summed E-state index contributed by atoms with van der Waals surface area (Å²) in [6.07, 6.45) is 4.06. The number of halogens is 2. The average Bonchev–Trinajstić information content (AvgIpc) is 3.15. The van der Waals surface area contributed by atoms with Crippen molar-refractivity contribution >= 4 is 5.78 Å². The molecule has 1 saturated heterocycles. The minimum absolute atomic E-state index is 0.00934. The average molecular weight is 343 g/mol. The van der Waals surface area contributed by atoms with Crippen molar-refractivity contribution in [2.24, 2.45) is 0 Å². The third-order valence-corrected chi connectivity index (χ3v) is 4.91. The molecule has 0 radical (unpaired) electrons. The number of carbonyl (C=O) groups is 1. The summed E-state index contributed by atoms with van der Waals surface area (Å²) in [5.41, 5.74) is 1.97. The van der Waals surface area contributed by atoms with Crippen LogP contribution in [0.1, 0.15) is 49.1 Å². The second-order valence-electron chi connectivity index (χ2n) is 6.66. The molecule has 0 saturated carbocycles. The molecule has 1 heterocycles. The molecule has 0 amide bonds. The highest BCUT2D eigenvalue weighted by Gasteiger charge is 2.22. The molecule has 2 aromatic carbocycles. The molecule has 2 nitrogen and oxygen atoms in total. The highest BCUT2D eigenvalue weighted by Crippen LogP contribution is 2.30. The molecule has 25 heavy (non-hydrogen) atoms. The quantitative estimate of drug-likeness (QED) is 0.797. The van der Waals surface area contributed by atoms with E-state index in [1.54, 1.807) is 24.3 Å². The minimum atomic E-state index is -0.274. The van der Waals surface area contributed by atoms with Crippen LogP contribution in [0.5, 0.6) is 0 Å². The summed E-state index contributed by atoms with van der Waals surface area (Å²) >= 11 is 0. The van der Waals surface area contributed by atoms with Crippen LogP contribution in [0, 0.1) is 11.6 Å². The van der Waals surface area contributed by atoms with E-state index < -0.39 is 0 Å². The number of benzene rings is 2. The standard InChI is InChI=1S/C21H23F2NO/c22-17-10-6-15(7-11-17)19(16-8-12-18(23)13-9-16)3-1-5-21(25)20-4-2-14-24-20/h6-13,19-20,24H,1-5,14H2/t20-/m0/s1. The van der Waals surface area contributed by atoms with Crippen LogP contribution >= 0.6 is 0 Å². The van der Waals surface area contributed by atoms with Gasteiger partial charge in [-0.3, -0.25) is 4.79 Å². The SMILES string of the molecule is O=C(CCCC(c1ccc(F)cc1)c1ccc(F)cc1)[C@@H]1CCCN1. The van der Waals surface area contributed by atoms with Gasteiger partial charge < -0.3 is 5.32 Å². The van der Waals surface area contributed by atoms with Crippen molar-refractivity contribution in [1.29, 1.82) is 0 Å². The smallest absolute Gasteiger partial charge is 0.149 e. The van der Waals surface area contributed by atoms with Crippen molar-refractivity contribution in [3.05, 3.63) is 71.3 Å². The molecular formula is C21H23F2NO. The van der Waals surface area contributed by atoms with Crippen LogP contribution < -0.4 is 5.32 Å². The van der Waals surface area contributed by atoms with E-state index >= 15 is 0 Å². The third-order valence-electron chi connectivity index (χ3n) is 4.91. The Morgan fingerprint density at radius 3 is 2.04 bits per heavy atom. The maximum Gasteiger partial charge on any atom is 0.149 e. The highest BCUT2D eigenvalue weighted by atomic mass is 19.1. The Labute approximate surface area is 147 Å². The van der Waals surface area contributed by atoms with Crippen molar-refractivity contribution in [3.63, 3.8) is 0 Å². The fourth-order valence-electron chi connectivity index (χ4n) is 3.53.